The van der Waals surface area contributed by atoms with Crippen molar-refractivity contribution in [2.45, 2.75) is 44.6 Å². The molecule has 1 saturated carbocycles. The Balaban J connectivity index is 2.49. The van der Waals surface area contributed by atoms with E-state index in [0.717, 1.165) is 30.4 Å². The maximum atomic E-state index is 10.5. The second-order valence-corrected chi connectivity index (χ2v) is 5.02. The van der Waals surface area contributed by atoms with Crippen LogP contribution in [0, 0.1) is 0 Å². The Bertz CT molecular complexity index is 469. The largest absolute Gasteiger partial charge is 0.508 e. The fourth-order valence-corrected chi connectivity index (χ4v) is 2.33. The van der Waals surface area contributed by atoms with Crippen LogP contribution in [0.3, 0.4) is 0 Å². The van der Waals surface area contributed by atoms with Gasteiger partial charge in [-0.3, -0.25) is 0 Å². The average Bonchev–Trinajstić information content (AvgIpc) is 2.24. The quantitative estimate of drug-likeness (QED) is 0.641. The van der Waals surface area contributed by atoms with E-state index >= 15 is 0 Å². The van der Waals surface area contributed by atoms with Gasteiger partial charge in [-0.2, -0.15) is 4.99 Å². The first-order valence-electron chi connectivity index (χ1n) is 6.01. The third kappa shape index (κ3) is 1.98. The molecule has 0 amide bonds. The molecule has 0 radical (unpaired) electrons. The van der Waals surface area contributed by atoms with Gasteiger partial charge in [0.25, 0.3) is 0 Å². The predicted octanol–water partition coefficient (Wildman–Crippen LogP) is 3.23. The minimum absolute atomic E-state index is 0.230. The van der Waals surface area contributed by atoms with Crippen molar-refractivity contribution in [1.29, 1.82) is 0 Å². The van der Waals surface area contributed by atoms with Gasteiger partial charge in [-0.25, -0.2) is 4.79 Å². The lowest BCUT2D eigenvalue weighted by Crippen LogP contribution is -2.32. The summed E-state index contributed by atoms with van der Waals surface area (Å²) in [6.45, 7) is 4.21. The third-order valence-electron chi connectivity index (χ3n) is 3.63. The highest BCUT2D eigenvalue weighted by molar-refractivity contribution is 5.46. The maximum Gasteiger partial charge on any atom is 0.235 e. The zero-order chi connectivity index (χ0) is 12.5. The molecule has 90 valence electrons. The second-order valence-electron chi connectivity index (χ2n) is 5.02. The van der Waals surface area contributed by atoms with Crippen molar-refractivity contribution in [2.24, 2.45) is 4.99 Å². The Morgan fingerprint density at radius 2 is 2.12 bits per heavy atom. The SMILES string of the molecule is CC(C)c1ccc(O)c(C2(N=C=O)CCC2)c1. The molecule has 0 spiro atoms. The molecule has 1 fully saturated rings. The standard InChI is InChI=1S/C14H17NO2/c1-10(2)11-4-5-13(17)12(8-11)14(15-9-16)6-3-7-14/h4-5,8,10,17H,3,6-7H2,1-2H3. The molecule has 3 nitrogen and oxygen atoms in total. The lowest BCUT2D eigenvalue weighted by atomic mass is 9.71. The van der Waals surface area contributed by atoms with Crippen molar-refractivity contribution in [3.8, 4) is 5.75 Å². The first-order valence-corrected chi connectivity index (χ1v) is 6.01. The van der Waals surface area contributed by atoms with Gasteiger partial charge in [-0.1, -0.05) is 19.9 Å². The predicted molar refractivity (Wildman–Crippen MR) is 65.8 cm³/mol. The highest BCUT2D eigenvalue weighted by atomic mass is 16.3. The Labute approximate surface area is 101 Å². The molecule has 0 unspecified atom stereocenters. The maximum absolute atomic E-state index is 10.5. The van der Waals surface area contributed by atoms with Crippen LogP contribution in [0.15, 0.2) is 23.2 Å². The molecule has 0 bridgehead atoms. The van der Waals surface area contributed by atoms with E-state index in [-0.39, 0.29) is 5.75 Å². The number of hydrogen-bond acceptors (Lipinski definition) is 3. The number of phenols is 1. The van der Waals surface area contributed by atoms with Gasteiger partial charge in [0.15, 0.2) is 0 Å². The number of isocyanates is 1. The van der Waals surface area contributed by atoms with Crippen molar-refractivity contribution in [3.05, 3.63) is 29.3 Å². The van der Waals surface area contributed by atoms with Crippen LogP contribution in [0.25, 0.3) is 0 Å². The smallest absolute Gasteiger partial charge is 0.235 e. The number of carbonyl (C=O) groups excluding carboxylic acids is 1. The lowest BCUT2D eigenvalue weighted by Gasteiger charge is -2.37. The average molecular weight is 231 g/mol. The van der Waals surface area contributed by atoms with Crippen LogP contribution >= 0.6 is 0 Å². The summed E-state index contributed by atoms with van der Waals surface area (Å²) in [5.41, 5.74) is 1.42. The summed E-state index contributed by atoms with van der Waals surface area (Å²) in [4.78, 5) is 14.5. The first-order chi connectivity index (χ1) is 8.09. The molecule has 1 aliphatic carbocycles. The molecular weight excluding hydrogens is 214 g/mol. The minimum Gasteiger partial charge on any atom is -0.508 e. The first kappa shape index (κ1) is 11.9. The molecule has 0 saturated heterocycles. The molecular formula is C14H17NO2. The van der Waals surface area contributed by atoms with E-state index in [1.807, 2.05) is 12.1 Å². The van der Waals surface area contributed by atoms with Gasteiger partial charge in [0, 0.05) is 5.56 Å². The normalized spacial score (nSPS) is 17.4. The summed E-state index contributed by atoms with van der Waals surface area (Å²) in [5.74, 6) is 0.625. The highest BCUT2D eigenvalue weighted by Crippen LogP contribution is 2.48. The van der Waals surface area contributed by atoms with Crippen LogP contribution in [0.2, 0.25) is 0 Å². The van der Waals surface area contributed by atoms with Gasteiger partial charge in [-0.05, 0) is 42.9 Å². The zero-order valence-corrected chi connectivity index (χ0v) is 10.2. The van der Waals surface area contributed by atoms with E-state index in [2.05, 4.69) is 18.8 Å². The van der Waals surface area contributed by atoms with E-state index in [9.17, 15) is 9.90 Å². The number of phenolic OH excluding ortho intramolecular Hbond substituents is 1. The van der Waals surface area contributed by atoms with Gasteiger partial charge in [-0.15, -0.1) is 0 Å². The van der Waals surface area contributed by atoms with Crippen LogP contribution in [0.5, 0.6) is 5.75 Å². The number of hydrogen-bond donors (Lipinski definition) is 1. The topological polar surface area (TPSA) is 49.7 Å². The Morgan fingerprint density at radius 1 is 1.41 bits per heavy atom. The number of rotatable bonds is 3. The van der Waals surface area contributed by atoms with Gasteiger partial charge in [0.1, 0.15) is 11.3 Å². The fraction of sp³-hybridized carbons (Fsp3) is 0.500. The number of aromatic hydroxyl groups is 1. The van der Waals surface area contributed by atoms with Crippen LogP contribution in [0.4, 0.5) is 0 Å². The van der Waals surface area contributed by atoms with E-state index in [0.29, 0.717) is 5.92 Å². The van der Waals surface area contributed by atoms with Crippen molar-refractivity contribution in [3.63, 3.8) is 0 Å². The molecule has 2 rings (SSSR count). The molecule has 17 heavy (non-hydrogen) atoms. The molecule has 1 aliphatic rings. The second kappa shape index (κ2) is 4.34. The molecule has 0 aliphatic heterocycles. The van der Waals surface area contributed by atoms with Gasteiger partial charge in [0.2, 0.25) is 6.08 Å². The van der Waals surface area contributed by atoms with Crippen LogP contribution in [-0.4, -0.2) is 11.2 Å². The third-order valence-corrected chi connectivity index (χ3v) is 3.63. The highest BCUT2D eigenvalue weighted by Gasteiger charge is 2.40. The molecule has 0 atom stereocenters. The minimum atomic E-state index is -0.517. The van der Waals surface area contributed by atoms with Crippen molar-refractivity contribution in [1.82, 2.24) is 0 Å². The van der Waals surface area contributed by atoms with E-state index in [4.69, 9.17) is 0 Å². The number of nitrogens with zero attached hydrogens (tertiary/aromatic N) is 1. The zero-order valence-electron chi connectivity index (χ0n) is 10.2. The monoisotopic (exact) mass is 231 g/mol. The Kier molecular flexibility index (Phi) is 3.03. The molecule has 0 aromatic heterocycles. The molecule has 1 aromatic carbocycles. The summed E-state index contributed by atoms with van der Waals surface area (Å²) < 4.78 is 0. The summed E-state index contributed by atoms with van der Waals surface area (Å²) >= 11 is 0. The lowest BCUT2D eigenvalue weighted by molar-refractivity contribution is 0.247. The van der Waals surface area contributed by atoms with Gasteiger partial charge >= 0.3 is 0 Å². The molecule has 1 aromatic rings. The Morgan fingerprint density at radius 3 is 2.59 bits per heavy atom. The van der Waals surface area contributed by atoms with E-state index < -0.39 is 5.54 Å². The van der Waals surface area contributed by atoms with E-state index in [1.54, 1.807) is 12.1 Å². The van der Waals surface area contributed by atoms with Gasteiger partial charge in [0.05, 0.1) is 0 Å². The van der Waals surface area contributed by atoms with Crippen molar-refractivity contribution >= 4 is 6.08 Å². The van der Waals surface area contributed by atoms with Crippen LogP contribution in [-0.2, 0) is 10.3 Å². The molecule has 0 heterocycles. The van der Waals surface area contributed by atoms with Crippen LogP contribution < -0.4 is 0 Å². The fourth-order valence-electron chi connectivity index (χ4n) is 2.33. The van der Waals surface area contributed by atoms with Crippen molar-refractivity contribution < 1.29 is 9.90 Å². The summed E-state index contributed by atoms with van der Waals surface area (Å²) in [6.07, 6.45) is 4.32. The number of aliphatic imine (C=N–C) groups is 1. The summed E-state index contributed by atoms with van der Waals surface area (Å²) in [7, 11) is 0. The molecule has 1 N–H and O–H groups in total. The number of benzene rings is 1. The van der Waals surface area contributed by atoms with E-state index in [1.165, 1.54) is 0 Å². The van der Waals surface area contributed by atoms with Crippen molar-refractivity contribution in [2.75, 3.05) is 0 Å². The summed E-state index contributed by atoms with van der Waals surface area (Å²) in [6, 6.07) is 5.59. The Hall–Kier alpha value is -1.60. The molecule has 3 heteroatoms. The summed E-state index contributed by atoms with van der Waals surface area (Å²) in [5, 5.41) is 9.95. The van der Waals surface area contributed by atoms with Crippen LogP contribution in [0.1, 0.15) is 50.2 Å². The van der Waals surface area contributed by atoms with Gasteiger partial charge < -0.3 is 5.11 Å².